The third-order valence-electron chi connectivity index (χ3n) is 4.52. The van der Waals surface area contributed by atoms with Crippen LogP contribution in [-0.2, 0) is 17.9 Å². The van der Waals surface area contributed by atoms with Gasteiger partial charge in [0.05, 0.1) is 23.9 Å². The number of rotatable bonds is 7. The number of carbonyl (C=O) groups excluding carboxylic acids is 1. The Hall–Kier alpha value is -3.78. The van der Waals surface area contributed by atoms with Crippen molar-refractivity contribution < 1.29 is 9.53 Å². The SMILES string of the molecule is COCc1cnc(-n2ncc3c(C(N)=O)cccc32)nc1NCc1ccccc1. The van der Waals surface area contributed by atoms with Crippen LogP contribution in [0.3, 0.4) is 0 Å². The highest BCUT2D eigenvalue weighted by Crippen LogP contribution is 2.22. The first-order valence-corrected chi connectivity index (χ1v) is 9.07. The molecule has 4 aromatic rings. The summed E-state index contributed by atoms with van der Waals surface area (Å²) in [6, 6.07) is 15.3. The number of hydrogen-bond donors (Lipinski definition) is 2. The summed E-state index contributed by atoms with van der Waals surface area (Å²) < 4.78 is 6.86. The number of benzene rings is 2. The number of carbonyl (C=O) groups is 1. The number of hydrogen-bond acceptors (Lipinski definition) is 6. The smallest absolute Gasteiger partial charge is 0.253 e. The van der Waals surface area contributed by atoms with E-state index in [4.69, 9.17) is 10.5 Å². The van der Waals surface area contributed by atoms with Gasteiger partial charge in [-0.25, -0.2) is 4.98 Å². The minimum atomic E-state index is -0.503. The lowest BCUT2D eigenvalue weighted by Gasteiger charge is -2.12. The molecule has 0 bridgehead atoms. The van der Waals surface area contributed by atoms with Crippen LogP contribution in [0.2, 0.25) is 0 Å². The van der Waals surface area contributed by atoms with Gasteiger partial charge in [0, 0.05) is 30.8 Å². The van der Waals surface area contributed by atoms with Crippen molar-refractivity contribution >= 4 is 22.6 Å². The molecule has 29 heavy (non-hydrogen) atoms. The summed E-state index contributed by atoms with van der Waals surface area (Å²) in [5, 5.41) is 8.37. The van der Waals surface area contributed by atoms with Crippen LogP contribution in [-0.4, -0.2) is 32.8 Å². The average Bonchev–Trinajstić information content (AvgIpc) is 3.18. The molecule has 0 aliphatic heterocycles. The molecule has 0 fully saturated rings. The fourth-order valence-electron chi connectivity index (χ4n) is 3.12. The average molecular weight is 388 g/mol. The van der Waals surface area contributed by atoms with Crippen LogP contribution in [0.25, 0.3) is 16.9 Å². The second-order valence-corrected chi connectivity index (χ2v) is 6.48. The molecule has 3 N–H and O–H groups in total. The molecule has 146 valence electrons. The largest absolute Gasteiger partial charge is 0.380 e. The van der Waals surface area contributed by atoms with Gasteiger partial charge < -0.3 is 15.8 Å². The lowest BCUT2D eigenvalue weighted by molar-refractivity contribution is 0.100. The molecular formula is C21H20N6O2. The number of nitrogens with zero attached hydrogens (tertiary/aromatic N) is 4. The predicted molar refractivity (Wildman–Crippen MR) is 110 cm³/mol. The molecule has 2 heterocycles. The van der Waals surface area contributed by atoms with E-state index in [2.05, 4.69) is 20.4 Å². The molecule has 0 saturated heterocycles. The van der Waals surface area contributed by atoms with Gasteiger partial charge in [-0.3, -0.25) is 4.79 Å². The molecule has 0 aliphatic carbocycles. The number of anilines is 1. The molecule has 0 spiro atoms. The van der Waals surface area contributed by atoms with Crippen LogP contribution in [0, 0.1) is 0 Å². The third kappa shape index (κ3) is 3.78. The summed E-state index contributed by atoms with van der Waals surface area (Å²) in [5.41, 5.74) is 8.55. The maximum Gasteiger partial charge on any atom is 0.253 e. The van der Waals surface area contributed by atoms with Crippen molar-refractivity contribution in [3.05, 3.63) is 77.6 Å². The van der Waals surface area contributed by atoms with Gasteiger partial charge in [0.1, 0.15) is 5.82 Å². The number of amides is 1. The monoisotopic (exact) mass is 388 g/mol. The second-order valence-electron chi connectivity index (χ2n) is 6.48. The van der Waals surface area contributed by atoms with Gasteiger partial charge in [-0.1, -0.05) is 36.4 Å². The van der Waals surface area contributed by atoms with Crippen LogP contribution in [0.15, 0.2) is 60.9 Å². The van der Waals surface area contributed by atoms with E-state index in [1.165, 1.54) is 0 Å². The van der Waals surface area contributed by atoms with Crippen LogP contribution in [0.5, 0.6) is 0 Å². The Morgan fingerprint density at radius 2 is 1.97 bits per heavy atom. The topological polar surface area (TPSA) is 108 Å². The fourth-order valence-corrected chi connectivity index (χ4v) is 3.12. The minimum Gasteiger partial charge on any atom is -0.380 e. The Balaban J connectivity index is 1.72. The fraction of sp³-hybridized carbons (Fsp3) is 0.143. The Labute approximate surface area is 167 Å². The maximum absolute atomic E-state index is 11.7. The number of primary amides is 1. The first-order valence-electron chi connectivity index (χ1n) is 9.07. The number of fused-ring (bicyclic) bond motifs is 1. The number of aromatic nitrogens is 4. The van der Waals surface area contributed by atoms with E-state index in [9.17, 15) is 4.79 Å². The zero-order valence-electron chi connectivity index (χ0n) is 15.9. The molecule has 1 amide bonds. The molecule has 2 aromatic heterocycles. The summed E-state index contributed by atoms with van der Waals surface area (Å²) >= 11 is 0. The summed E-state index contributed by atoms with van der Waals surface area (Å²) in [6.45, 7) is 0.989. The lowest BCUT2D eigenvalue weighted by Crippen LogP contribution is -2.12. The summed E-state index contributed by atoms with van der Waals surface area (Å²) in [6.07, 6.45) is 3.31. The van der Waals surface area contributed by atoms with Crippen molar-refractivity contribution in [2.24, 2.45) is 5.73 Å². The van der Waals surface area contributed by atoms with Gasteiger partial charge >= 0.3 is 0 Å². The lowest BCUT2D eigenvalue weighted by atomic mass is 10.1. The van der Waals surface area contributed by atoms with Crippen LogP contribution >= 0.6 is 0 Å². The number of methoxy groups -OCH3 is 1. The molecule has 2 aromatic carbocycles. The summed E-state index contributed by atoms with van der Waals surface area (Å²) in [4.78, 5) is 20.8. The van der Waals surface area contributed by atoms with E-state index in [0.29, 0.717) is 41.4 Å². The standard InChI is InChI=1S/C21H20N6O2/c1-29-13-15-11-24-21(26-20(15)23-10-14-6-3-2-4-7-14)27-18-9-5-8-16(19(22)28)17(18)12-25-27/h2-9,11-12H,10,13H2,1H3,(H2,22,28)(H,23,24,26). The van der Waals surface area contributed by atoms with Gasteiger partial charge in [0.15, 0.2) is 0 Å². The van der Waals surface area contributed by atoms with Gasteiger partial charge in [-0.2, -0.15) is 14.8 Å². The molecule has 8 nitrogen and oxygen atoms in total. The minimum absolute atomic E-state index is 0.378. The third-order valence-corrected chi connectivity index (χ3v) is 4.52. The normalized spacial score (nSPS) is 10.9. The summed E-state index contributed by atoms with van der Waals surface area (Å²) in [7, 11) is 1.63. The summed E-state index contributed by atoms with van der Waals surface area (Å²) in [5.74, 6) is 0.546. The van der Waals surface area contributed by atoms with Gasteiger partial charge in [0.2, 0.25) is 5.91 Å². The number of nitrogens with two attached hydrogens (primary N) is 1. The first kappa shape index (κ1) is 18.6. The van der Waals surface area contributed by atoms with E-state index in [1.807, 2.05) is 36.4 Å². The molecule has 0 saturated carbocycles. The highest BCUT2D eigenvalue weighted by atomic mass is 16.5. The van der Waals surface area contributed by atoms with Gasteiger partial charge in [0.25, 0.3) is 5.95 Å². The quantitative estimate of drug-likeness (QED) is 0.504. The molecule has 0 atom stereocenters. The van der Waals surface area contributed by atoms with Crippen LogP contribution in [0.1, 0.15) is 21.5 Å². The number of nitrogens with one attached hydrogen (secondary N) is 1. The molecule has 4 rings (SSSR count). The van der Waals surface area contributed by atoms with Crippen molar-refractivity contribution in [3.63, 3.8) is 0 Å². The highest BCUT2D eigenvalue weighted by molar-refractivity contribution is 6.05. The molecule has 0 aliphatic rings. The first-order chi connectivity index (χ1) is 14.2. The Morgan fingerprint density at radius 1 is 1.14 bits per heavy atom. The van der Waals surface area contributed by atoms with E-state index in [-0.39, 0.29) is 0 Å². The van der Waals surface area contributed by atoms with Crippen LogP contribution < -0.4 is 11.1 Å². The van der Waals surface area contributed by atoms with Crippen molar-refractivity contribution in [2.75, 3.05) is 12.4 Å². The maximum atomic E-state index is 11.7. The molecule has 8 heteroatoms. The van der Waals surface area contributed by atoms with E-state index >= 15 is 0 Å². The molecule has 0 unspecified atom stereocenters. The van der Waals surface area contributed by atoms with E-state index in [0.717, 1.165) is 11.1 Å². The highest BCUT2D eigenvalue weighted by Gasteiger charge is 2.15. The Kier molecular flexibility index (Phi) is 5.17. The second kappa shape index (κ2) is 8.07. The van der Waals surface area contributed by atoms with Gasteiger partial charge in [-0.05, 0) is 17.7 Å². The van der Waals surface area contributed by atoms with Crippen LogP contribution in [0.4, 0.5) is 5.82 Å². The van der Waals surface area contributed by atoms with Crippen molar-refractivity contribution in [3.8, 4) is 5.95 Å². The van der Waals surface area contributed by atoms with Crippen molar-refractivity contribution in [2.45, 2.75) is 13.2 Å². The van der Waals surface area contributed by atoms with Crippen molar-refractivity contribution in [1.29, 1.82) is 0 Å². The molecular weight excluding hydrogens is 368 g/mol. The predicted octanol–water partition coefficient (Wildman–Crippen LogP) is 2.67. The van der Waals surface area contributed by atoms with E-state index < -0.39 is 5.91 Å². The van der Waals surface area contributed by atoms with E-state index in [1.54, 1.807) is 36.3 Å². The Morgan fingerprint density at radius 3 is 2.72 bits per heavy atom. The zero-order valence-corrected chi connectivity index (χ0v) is 15.9. The molecule has 0 radical (unpaired) electrons. The number of ether oxygens (including phenoxy) is 1. The zero-order chi connectivity index (χ0) is 20.2. The Bertz CT molecular complexity index is 1160. The van der Waals surface area contributed by atoms with Gasteiger partial charge in [-0.15, -0.1) is 0 Å². The van der Waals surface area contributed by atoms with Crippen molar-refractivity contribution in [1.82, 2.24) is 19.7 Å².